The van der Waals surface area contributed by atoms with Crippen molar-refractivity contribution in [2.24, 2.45) is 0 Å². The Kier molecular flexibility index (Phi) is 11.2. The third kappa shape index (κ3) is 6.92. The predicted molar refractivity (Wildman–Crippen MR) is 449 cm³/mol. The minimum absolute atomic E-state index is 0.294. The van der Waals surface area contributed by atoms with Crippen molar-refractivity contribution in [2.75, 3.05) is 9.80 Å². The highest BCUT2D eigenvalue weighted by molar-refractivity contribution is 7.00. The highest BCUT2D eigenvalue weighted by Crippen LogP contribution is 2.69. The van der Waals surface area contributed by atoms with Crippen LogP contribution in [0.5, 0.6) is 0 Å². The number of fused-ring (bicyclic) bond motifs is 38. The zero-order valence-electron chi connectivity index (χ0n) is 59.2. The number of benzene rings is 17. The van der Waals surface area contributed by atoms with Crippen LogP contribution in [0.2, 0.25) is 0 Å². The first-order chi connectivity index (χ1) is 54.1. The molecule has 6 aliphatic carbocycles. The van der Waals surface area contributed by atoms with Gasteiger partial charge in [-0.2, -0.15) is 0 Å². The fourth-order valence-corrected chi connectivity index (χ4v) is 22.8. The van der Waals surface area contributed by atoms with Crippen LogP contribution in [0.1, 0.15) is 66.8 Å². The van der Waals surface area contributed by atoms with Gasteiger partial charge in [0.05, 0.1) is 38.7 Å². The van der Waals surface area contributed by atoms with Crippen molar-refractivity contribution in [3.8, 4) is 83.6 Å². The summed E-state index contributed by atoms with van der Waals surface area (Å²) in [5.74, 6) is 0. The van der Waals surface area contributed by atoms with Gasteiger partial charge in [-0.25, -0.2) is 0 Å². The molecule has 3 heterocycles. The number of hydrogen-bond acceptors (Lipinski definition) is 2. The second kappa shape index (κ2) is 20.8. The normalized spacial score (nSPS) is 15.0. The summed E-state index contributed by atoms with van der Waals surface area (Å²) in [7, 11) is 0. The molecule has 17 aromatic carbocycles. The molecule has 0 atom stereocenters. The van der Waals surface area contributed by atoms with E-state index < -0.39 is 16.2 Å². The Morgan fingerprint density at radius 3 is 1.08 bits per heavy atom. The van der Waals surface area contributed by atoms with Crippen molar-refractivity contribution < 1.29 is 0 Å². The molecule has 0 bridgehead atoms. The van der Waals surface area contributed by atoms with E-state index >= 15 is 0 Å². The quantitative estimate of drug-likeness (QED) is 0.163. The van der Waals surface area contributed by atoms with E-state index in [4.69, 9.17) is 0 Å². The summed E-state index contributed by atoms with van der Waals surface area (Å²) in [5, 5.41) is 2.44. The van der Waals surface area contributed by atoms with Gasteiger partial charge in [0, 0.05) is 50.3 Å². The molecule has 0 saturated heterocycles. The van der Waals surface area contributed by atoms with Gasteiger partial charge in [0.1, 0.15) is 0 Å². The van der Waals surface area contributed by atoms with E-state index in [1.54, 1.807) is 0 Å². The molecule has 8 aliphatic rings. The predicted octanol–water partition coefficient (Wildman–Crippen LogP) is 23.6. The second-order valence-electron chi connectivity index (χ2n) is 31.0. The lowest BCUT2D eigenvalue weighted by atomic mass is 9.33. The maximum absolute atomic E-state index is 2.78. The van der Waals surface area contributed by atoms with E-state index in [0.717, 1.165) is 39.5 Å². The third-order valence-electron chi connectivity index (χ3n) is 26.6. The van der Waals surface area contributed by atoms with Crippen LogP contribution in [0.15, 0.2) is 376 Å². The first kappa shape index (κ1) is 58.5. The van der Waals surface area contributed by atoms with E-state index in [9.17, 15) is 0 Å². The van der Waals surface area contributed by atoms with Gasteiger partial charge in [0.25, 0.3) is 6.71 Å². The minimum Gasteiger partial charge on any atom is -0.311 e. The molecule has 0 fully saturated rings. The molecule has 500 valence electrons. The van der Waals surface area contributed by atoms with Crippen LogP contribution in [0.4, 0.5) is 34.1 Å². The van der Waals surface area contributed by atoms with Crippen LogP contribution in [0, 0.1) is 0 Å². The maximum Gasteiger partial charge on any atom is 0.252 e. The SMILES string of the molecule is c1ccc(-c2ccc(N3c4cc(-n5c6ccccc6c6ccccc65)cc5c4B(c4cc6c(cc4N5c4cccc5c4-c4ccccc4C54c5ccccc5-c5ccccc54)-c4ccccc4C64c5ccccc5-c5ccccc54)c4ccc5c(c43)-c3ccccc3C53c4ccccc4-c4ccccc43)cc2)cc1. The summed E-state index contributed by atoms with van der Waals surface area (Å²) >= 11 is 0. The Morgan fingerprint density at radius 1 is 0.211 bits per heavy atom. The smallest absolute Gasteiger partial charge is 0.252 e. The van der Waals surface area contributed by atoms with Crippen molar-refractivity contribution >= 4 is 79.0 Å². The molecule has 0 unspecified atom stereocenters. The monoisotopic (exact) mass is 1380 g/mol. The van der Waals surface area contributed by atoms with E-state index in [0.29, 0.717) is 0 Å². The number of rotatable bonds is 4. The zero-order chi connectivity index (χ0) is 70.7. The van der Waals surface area contributed by atoms with Gasteiger partial charge >= 0.3 is 0 Å². The zero-order valence-corrected chi connectivity index (χ0v) is 59.2. The molecule has 3 nitrogen and oxygen atoms in total. The fourth-order valence-electron chi connectivity index (χ4n) is 22.8. The Hall–Kier alpha value is -13.8. The summed E-state index contributed by atoms with van der Waals surface area (Å²) in [6.45, 7) is -0.294. The first-order valence-electron chi connectivity index (χ1n) is 38.4. The molecule has 2 aliphatic heterocycles. The summed E-state index contributed by atoms with van der Waals surface area (Å²) in [6, 6.07) is 146. The van der Waals surface area contributed by atoms with E-state index in [2.05, 4.69) is 390 Å². The topological polar surface area (TPSA) is 11.4 Å². The molecule has 4 heteroatoms. The van der Waals surface area contributed by atoms with Crippen LogP contribution in [0.3, 0.4) is 0 Å². The van der Waals surface area contributed by atoms with Gasteiger partial charge in [-0.15, -0.1) is 0 Å². The Bertz CT molecular complexity index is 6960. The maximum atomic E-state index is 2.78. The van der Waals surface area contributed by atoms with Crippen LogP contribution in [-0.2, 0) is 16.2 Å². The number of para-hydroxylation sites is 2. The molecule has 26 rings (SSSR count). The Labute approximate surface area is 631 Å². The lowest BCUT2D eigenvalue weighted by Gasteiger charge is -2.46. The van der Waals surface area contributed by atoms with Gasteiger partial charge in [0.15, 0.2) is 0 Å². The van der Waals surface area contributed by atoms with Crippen LogP contribution in [-0.4, -0.2) is 11.3 Å². The third-order valence-corrected chi connectivity index (χ3v) is 26.6. The highest BCUT2D eigenvalue weighted by atomic mass is 15.2. The van der Waals surface area contributed by atoms with Crippen LogP contribution in [0.25, 0.3) is 105 Å². The van der Waals surface area contributed by atoms with Crippen molar-refractivity contribution in [1.29, 1.82) is 0 Å². The fraction of sp³-hybridized carbons (Fsp3) is 0.0286. The molecule has 0 amide bonds. The molecule has 109 heavy (non-hydrogen) atoms. The van der Waals surface area contributed by atoms with Gasteiger partial charge in [-0.3, -0.25) is 0 Å². The number of hydrogen-bond donors (Lipinski definition) is 0. The number of anilines is 6. The van der Waals surface area contributed by atoms with E-state index in [-0.39, 0.29) is 6.71 Å². The van der Waals surface area contributed by atoms with Crippen LogP contribution >= 0.6 is 0 Å². The van der Waals surface area contributed by atoms with Crippen molar-refractivity contribution in [1.82, 2.24) is 4.57 Å². The molecular weight excluding hydrogens is 1310 g/mol. The molecule has 0 radical (unpaired) electrons. The van der Waals surface area contributed by atoms with Crippen molar-refractivity contribution in [2.45, 2.75) is 16.2 Å². The largest absolute Gasteiger partial charge is 0.311 e. The summed E-state index contributed by atoms with van der Waals surface area (Å²) < 4.78 is 2.58. The standard InChI is InChI=1S/C105H62BN3/c1-2-27-63(28-3-1)64-53-55-65(56-54-64)108-97-59-66(107-93-50-24-13-36-74(93)75-37-14-25-51-94(75)107)60-98-101(97)106(91-58-57-89-100(102(91)108)77-39-12-23-48-87(77)104(89)81-42-17-6-31-69(81)70-32-7-18-43-82(70)104)92-62-90-78(73-35-10-21-46-85(73)105(90)83-44-19-8-33-71(83)72-34-9-20-45-84(72)105)61-96(92)109(98)95-52-26-49-88-99(95)76-38-11-22-47-86(76)103(88)79-40-15-4-29-67(79)68-30-5-16-41-80(68)103/h1-62H. The average molecular weight is 1380 g/mol. The van der Waals surface area contributed by atoms with Gasteiger partial charge < -0.3 is 14.4 Å². The minimum atomic E-state index is -0.623. The molecule has 1 aromatic heterocycles. The average Bonchev–Trinajstić information content (AvgIpc) is 1.56. The lowest BCUT2D eigenvalue weighted by molar-refractivity contribution is 0.793. The first-order valence-corrected chi connectivity index (χ1v) is 38.4. The molecule has 0 saturated carbocycles. The van der Waals surface area contributed by atoms with Gasteiger partial charge in [-0.05, 0) is 198 Å². The second-order valence-corrected chi connectivity index (χ2v) is 31.0. The van der Waals surface area contributed by atoms with Crippen molar-refractivity contribution in [3.05, 3.63) is 443 Å². The lowest BCUT2D eigenvalue weighted by Crippen LogP contribution is -2.61. The van der Waals surface area contributed by atoms with E-state index in [1.807, 2.05) is 0 Å². The Balaban J connectivity index is 0.853. The molecule has 0 N–H and O–H groups in total. The Morgan fingerprint density at radius 2 is 0.587 bits per heavy atom. The number of nitrogens with zero attached hydrogens (tertiary/aromatic N) is 3. The molecule has 18 aromatic rings. The highest BCUT2D eigenvalue weighted by Gasteiger charge is 2.59. The van der Waals surface area contributed by atoms with E-state index in [1.165, 1.54) is 183 Å². The van der Waals surface area contributed by atoms with Crippen molar-refractivity contribution in [3.63, 3.8) is 0 Å². The summed E-state index contributed by atoms with van der Waals surface area (Å²) in [4.78, 5) is 5.52. The van der Waals surface area contributed by atoms with Crippen LogP contribution < -0.4 is 26.2 Å². The van der Waals surface area contributed by atoms with Gasteiger partial charge in [-0.1, -0.05) is 328 Å². The molecule has 3 spiro atoms. The van der Waals surface area contributed by atoms with Gasteiger partial charge in [0.2, 0.25) is 0 Å². The number of aromatic nitrogens is 1. The molecular formula is C105H62BN3. The summed E-state index contributed by atoms with van der Waals surface area (Å²) in [6.07, 6.45) is 0. The summed E-state index contributed by atoms with van der Waals surface area (Å²) in [5.41, 5.74) is 45.8.